The van der Waals surface area contributed by atoms with Gasteiger partial charge in [-0.2, -0.15) is 0 Å². The van der Waals surface area contributed by atoms with Crippen LogP contribution in [0.15, 0.2) is 9.98 Å². The molecule has 0 radical (unpaired) electrons. The van der Waals surface area contributed by atoms with E-state index in [0.717, 1.165) is 3.79 Å². The largest absolute Gasteiger partial charge is 0.344 e. The molecule has 15 heavy (non-hydrogen) atoms. The molecule has 5 nitrogen and oxygen atoms in total. The number of amides is 2. The molecule has 2 amide bonds. The Hall–Kier alpha value is -0.950. The van der Waals surface area contributed by atoms with Crippen LogP contribution in [0.4, 0.5) is 5.13 Å². The number of nitrogens with one attached hydrogen (secondary N) is 2. The first-order chi connectivity index (χ1) is 7.15. The molecular formula is C8H8BrN3O2S. The summed E-state index contributed by atoms with van der Waals surface area (Å²) in [5.74, 6) is -0.279. The fourth-order valence-electron chi connectivity index (χ4n) is 1.32. The van der Waals surface area contributed by atoms with E-state index in [0.29, 0.717) is 18.0 Å². The summed E-state index contributed by atoms with van der Waals surface area (Å²) in [6.45, 7) is 0. The zero-order valence-corrected chi connectivity index (χ0v) is 10.0. The lowest BCUT2D eigenvalue weighted by Gasteiger charge is -2.07. The minimum Gasteiger partial charge on any atom is -0.344 e. The molecule has 1 aliphatic heterocycles. The van der Waals surface area contributed by atoms with Gasteiger partial charge >= 0.3 is 0 Å². The lowest BCUT2D eigenvalue weighted by Crippen LogP contribution is -2.37. The third kappa shape index (κ3) is 2.54. The van der Waals surface area contributed by atoms with Crippen molar-refractivity contribution in [3.05, 3.63) is 9.98 Å². The standard InChI is InChI=1S/C8H8BrN3O2S/c9-5-3-10-8(15-5)12-7(14)4-1-2-6(13)11-4/h3-4H,1-2H2,(H,11,13)(H,10,12,14)/t4-/m1/s1. The summed E-state index contributed by atoms with van der Waals surface area (Å²) in [4.78, 5) is 26.5. The molecule has 1 aromatic heterocycles. The summed E-state index contributed by atoms with van der Waals surface area (Å²) in [5.41, 5.74) is 0. The van der Waals surface area contributed by atoms with Gasteiger partial charge in [-0.15, -0.1) is 0 Å². The summed E-state index contributed by atoms with van der Waals surface area (Å²) in [6.07, 6.45) is 2.59. The fraction of sp³-hybridized carbons (Fsp3) is 0.375. The first kappa shape index (κ1) is 10.6. The van der Waals surface area contributed by atoms with Gasteiger partial charge in [-0.25, -0.2) is 4.98 Å². The van der Waals surface area contributed by atoms with E-state index in [-0.39, 0.29) is 11.8 Å². The maximum absolute atomic E-state index is 11.6. The molecule has 7 heteroatoms. The van der Waals surface area contributed by atoms with Gasteiger partial charge in [0.2, 0.25) is 11.8 Å². The van der Waals surface area contributed by atoms with Crippen molar-refractivity contribution in [2.45, 2.75) is 18.9 Å². The van der Waals surface area contributed by atoms with Gasteiger partial charge in [0.05, 0.1) is 9.98 Å². The smallest absolute Gasteiger partial charge is 0.248 e. The molecule has 80 valence electrons. The molecule has 0 saturated carbocycles. The highest BCUT2D eigenvalue weighted by Gasteiger charge is 2.27. The van der Waals surface area contributed by atoms with Gasteiger partial charge in [0.15, 0.2) is 5.13 Å². The first-order valence-electron chi connectivity index (χ1n) is 4.37. The van der Waals surface area contributed by atoms with Crippen LogP contribution in [-0.4, -0.2) is 22.8 Å². The molecule has 1 saturated heterocycles. The first-order valence-corrected chi connectivity index (χ1v) is 5.97. The topological polar surface area (TPSA) is 71.1 Å². The highest BCUT2D eigenvalue weighted by atomic mass is 79.9. The number of thiazole rings is 1. The van der Waals surface area contributed by atoms with Crippen LogP contribution in [0.25, 0.3) is 0 Å². The van der Waals surface area contributed by atoms with Crippen molar-refractivity contribution in [3.8, 4) is 0 Å². The van der Waals surface area contributed by atoms with Crippen molar-refractivity contribution in [2.75, 3.05) is 5.32 Å². The monoisotopic (exact) mass is 289 g/mol. The van der Waals surface area contributed by atoms with Crippen molar-refractivity contribution < 1.29 is 9.59 Å². The molecule has 0 aliphatic carbocycles. The second-order valence-corrected chi connectivity index (χ2v) is 5.53. The van der Waals surface area contributed by atoms with Gasteiger partial charge in [0.25, 0.3) is 0 Å². The van der Waals surface area contributed by atoms with Crippen LogP contribution >= 0.6 is 27.3 Å². The Kier molecular flexibility index (Phi) is 3.01. The number of nitrogens with zero attached hydrogens (tertiary/aromatic N) is 1. The molecule has 1 atom stereocenters. The lowest BCUT2D eigenvalue weighted by molar-refractivity contribution is -0.122. The third-order valence-corrected chi connectivity index (χ3v) is 3.41. The van der Waals surface area contributed by atoms with E-state index in [4.69, 9.17) is 0 Å². The van der Waals surface area contributed by atoms with E-state index in [9.17, 15) is 9.59 Å². The average Bonchev–Trinajstić information content (AvgIpc) is 2.75. The summed E-state index contributed by atoms with van der Waals surface area (Å²) in [6, 6.07) is -0.417. The molecule has 1 aromatic rings. The van der Waals surface area contributed by atoms with Gasteiger partial charge < -0.3 is 10.6 Å². The van der Waals surface area contributed by atoms with Gasteiger partial charge in [-0.1, -0.05) is 11.3 Å². The number of anilines is 1. The summed E-state index contributed by atoms with van der Waals surface area (Å²) < 4.78 is 0.855. The van der Waals surface area contributed by atoms with E-state index in [2.05, 4.69) is 31.5 Å². The van der Waals surface area contributed by atoms with E-state index >= 15 is 0 Å². The second-order valence-electron chi connectivity index (χ2n) is 3.12. The second kappa shape index (κ2) is 4.28. The minimum absolute atomic E-state index is 0.0736. The summed E-state index contributed by atoms with van der Waals surface area (Å²) in [5, 5.41) is 5.78. The zero-order chi connectivity index (χ0) is 10.8. The minimum atomic E-state index is -0.417. The van der Waals surface area contributed by atoms with E-state index in [1.807, 2.05) is 0 Å². The third-order valence-electron chi connectivity index (χ3n) is 2.02. The molecule has 1 fully saturated rings. The normalized spacial score (nSPS) is 20.1. The molecule has 2 N–H and O–H groups in total. The highest BCUT2D eigenvalue weighted by molar-refractivity contribution is 9.11. The zero-order valence-electron chi connectivity index (χ0n) is 7.62. The maximum atomic E-state index is 11.6. The van der Waals surface area contributed by atoms with Crippen molar-refractivity contribution in [1.82, 2.24) is 10.3 Å². The van der Waals surface area contributed by atoms with Crippen LogP contribution < -0.4 is 10.6 Å². The van der Waals surface area contributed by atoms with Crippen LogP contribution in [0.2, 0.25) is 0 Å². The number of carbonyl (C=O) groups excluding carboxylic acids is 2. The highest BCUT2D eigenvalue weighted by Crippen LogP contribution is 2.23. The van der Waals surface area contributed by atoms with E-state index < -0.39 is 6.04 Å². The molecular weight excluding hydrogens is 282 g/mol. The molecule has 0 spiro atoms. The number of hydrogen-bond donors (Lipinski definition) is 2. The van der Waals surface area contributed by atoms with Gasteiger partial charge in [0.1, 0.15) is 6.04 Å². The Labute approximate surface area is 98.4 Å². The van der Waals surface area contributed by atoms with Crippen LogP contribution in [0, 0.1) is 0 Å². The molecule has 0 unspecified atom stereocenters. The van der Waals surface area contributed by atoms with E-state index in [1.165, 1.54) is 11.3 Å². The predicted molar refractivity (Wildman–Crippen MR) is 59.6 cm³/mol. The number of hydrogen-bond acceptors (Lipinski definition) is 4. The van der Waals surface area contributed by atoms with Crippen molar-refractivity contribution in [2.24, 2.45) is 0 Å². The molecule has 1 aliphatic rings. The Morgan fingerprint density at radius 3 is 3.07 bits per heavy atom. The van der Waals surface area contributed by atoms with Crippen LogP contribution in [0.5, 0.6) is 0 Å². The molecule has 2 rings (SSSR count). The molecule has 0 aromatic carbocycles. The predicted octanol–water partition coefficient (Wildman–Crippen LogP) is 1.12. The van der Waals surface area contributed by atoms with Crippen LogP contribution in [0.1, 0.15) is 12.8 Å². The number of rotatable bonds is 2. The average molecular weight is 290 g/mol. The lowest BCUT2D eigenvalue weighted by atomic mass is 10.2. The number of carbonyl (C=O) groups is 2. The Balaban J connectivity index is 1.95. The van der Waals surface area contributed by atoms with Crippen molar-refractivity contribution in [3.63, 3.8) is 0 Å². The van der Waals surface area contributed by atoms with Gasteiger partial charge in [-0.3, -0.25) is 9.59 Å². The summed E-state index contributed by atoms with van der Waals surface area (Å²) in [7, 11) is 0. The fourth-order valence-corrected chi connectivity index (χ4v) is 2.42. The Morgan fingerprint density at radius 1 is 1.73 bits per heavy atom. The Morgan fingerprint density at radius 2 is 2.53 bits per heavy atom. The molecule has 2 heterocycles. The molecule has 0 bridgehead atoms. The number of halogens is 1. The van der Waals surface area contributed by atoms with Gasteiger partial charge in [-0.05, 0) is 22.4 Å². The summed E-state index contributed by atoms with van der Waals surface area (Å²) >= 11 is 4.59. The quantitative estimate of drug-likeness (QED) is 0.857. The SMILES string of the molecule is O=C1CC[C@H](C(=O)Nc2ncc(Br)s2)N1. The van der Waals surface area contributed by atoms with Crippen LogP contribution in [0.3, 0.4) is 0 Å². The number of aromatic nitrogens is 1. The van der Waals surface area contributed by atoms with Crippen molar-refractivity contribution >= 4 is 44.2 Å². The van der Waals surface area contributed by atoms with Crippen molar-refractivity contribution in [1.29, 1.82) is 0 Å². The van der Waals surface area contributed by atoms with E-state index in [1.54, 1.807) is 6.20 Å². The maximum Gasteiger partial charge on any atom is 0.248 e. The van der Waals surface area contributed by atoms with Gasteiger partial charge in [0, 0.05) is 6.42 Å². The Bertz CT molecular complexity index is 406. The van der Waals surface area contributed by atoms with Crippen LogP contribution in [-0.2, 0) is 9.59 Å².